The van der Waals surface area contributed by atoms with Crippen molar-refractivity contribution in [3.05, 3.63) is 146 Å². The standard InChI is InChI=1S/C78H132NO8P/c1-6-8-10-12-14-16-18-20-22-24-26-28-30-32-34-35-36-37-38-39-40-41-42-43-45-46-48-50-52-54-56-58-60-62-64-66-68-70-77(80)84-74-76(75-86-88(82,83)85-73-72-79(3,4)5)87-78(81)71-69-67-65-63-61-59-57-55-53-51-49-47-44-33-31-29-27-25-23-21-19-17-15-13-11-9-7-2/h8-11,14-17,20-23,26-29,32-34,44,49,51,55,57,76H,6-7,12-13,18-19,24-25,30-31,35-43,45-48,50,52-54,56,58-75H2,1-5H3/p+1/b10-8-,11-9-,16-14-,17-15-,22-20-,23-21-,28-26-,29-27-,34-32-,44-33-,51-49-,57-55-. The van der Waals surface area contributed by atoms with E-state index in [0.717, 1.165) is 128 Å². The Balaban J connectivity index is 4.06. The number of allylic oxidation sites excluding steroid dienone is 24. The second kappa shape index (κ2) is 67.3. The highest BCUT2D eigenvalue weighted by Gasteiger charge is 2.27. The van der Waals surface area contributed by atoms with Crippen LogP contribution in [0.5, 0.6) is 0 Å². The molecule has 10 heteroatoms. The first kappa shape index (κ1) is 83.9. The van der Waals surface area contributed by atoms with Crippen LogP contribution in [0.4, 0.5) is 0 Å². The number of carbonyl (C=O) groups excluding carboxylic acids is 2. The SMILES string of the molecule is CC/C=C\C/C=C\C/C=C\C/C=C\C/C=C\C/C=C\C/C=C\CCCCCCCC(=O)OC(COC(=O)CCCCCCCCCCCCCCCCCCCCCCC/C=C\C/C=C\C/C=C\C/C=C\C/C=C\CC)COP(=O)(O)OCC[N+](C)(C)C. The number of nitrogens with zero attached hydrogens (tertiary/aromatic N) is 1. The molecular formula is C78H133NO8P+. The van der Waals surface area contributed by atoms with E-state index in [9.17, 15) is 19.0 Å². The lowest BCUT2D eigenvalue weighted by Crippen LogP contribution is -2.37. The first-order chi connectivity index (χ1) is 43.0. The summed E-state index contributed by atoms with van der Waals surface area (Å²) in [6.07, 6.45) is 99.6. The van der Waals surface area contributed by atoms with Crippen LogP contribution in [-0.2, 0) is 32.7 Å². The molecule has 0 aromatic rings. The van der Waals surface area contributed by atoms with Crippen molar-refractivity contribution in [2.24, 2.45) is 0 Å². The molecule has 0 rings (SSSR count). The molecule has 0 heterocycles. The third-order valence-corrected chi connectivity index (χ3v) is 15.8. The maximum Gasteiger partial charge on any atom is 0.472 e. The van der Waals surface area contributed by atoms with Crippen LogP contribution in [0.1, 0.15) is 284 Å². The summed E-state index contributed by atoms with van der Waals surface area (Å²) in [5.74, 6) is -0.820. The quantitative estimate of drug-likeness (QED) is 0.0211. The van der Waals surface area contributed by atoms with Crippen LogP contribution in [0.15, 0.2) is 146 Å². The fourth-order valence-corrected chi connectivity index (χ4v) is 10.2. The Bertz CT molecular complexity index is 2000. The number of esters is 2. The third kappa shape index (κ3) is 71.0. The molecule has 502 valence electrons. The predicted molar refractivity (Wildman–Crippen MR) is 380 cm³/mol. The number of rotatable bonds is 64. The molecular weight excluding hydrogens is 1110 g/mol. The van der Waals surface area contributed by atoms with E-state index in [1.165, 1.54) is 122 Å². The Morgan fingerprint density at radius 1 is 0.352 bits per heavy atom. The van der Waals surface area contributed by atoms with Gasteiger partial charge in [-0.1, -0.05) is 301 Å². The molecule has 0 saturated heterocycles. The molecule has 9 nitrogen and oxygen atoms in total. The summed E-state index contributed by atoms with van der Waals surface area (Å²) in [7, 11) is 1.45. The van der Waals surface area contributed by atoms with Crippen molar-refractivity contribution in [2.45, 2.75) is 290 Å². The molecule has 0 fully saturated rings. The first-order valence-electron chi connectivity index (χ1n) is 35.6. The zero-order valence-electron chi connectivity index (χ0n) is 57.2. The minimum Gasteiger partial charge on any atom is -0.462 e. The van der Waals surface area contributed by atoms with Crippen LogP contribution in [0.3, 0.4) is 0 Å². The molecule has 0 radical (unpaired) electrons. The molecule has 0 aromatic carbocycles. The fraction of sp³-hybridized carbons (Fsp3) is 0.667. The van der Waals surface area contributed by atoms with Crippen molar-refractivity contribution in [3.63, 3.8) is 0 Å². The lowest BCUT2D eigenvalue weighted by Gasteiger charge is -2.24. The number of quaternary nitrogens is 1. The highest BCUT2D eigenvalue weighted by Crippen LogP contribution is 2.43. The second-order valence-corrected chi connectivity index (χ2v) is 26.0. The van der Waals surface area contributed by atoms with Gasteiger partial charge in [0.1, 0.15) is 19.8 Å². The van der Waals surface area contributed by atoms with Gasteiger partial charge in [0.25, 0.3) is 0 Å². The van der Waals surface area contributed by atoms with Gasteiger partial charge in [-0.15, -0.1) is 0 Å². The van der Waals surface area contributed by atoms with Gasteiger partial charge in [0.2, 0.25) is 0 Å². The van der Waals surface area contributed by atoms with Crippen LogP contribution in [0.2, 0.25) is 0 Å². The summed E-state index contributed by atoms with van der Waals surface area (Å²) in [6.45, 7) is 4.19. The Morgan fingerprint density at radius 3 is 0.909 bits per heavy atom. The minimum absolute atomic E-state index is 0.0216. The summed E-state index contributed by atoms with van der Waals surface area (Å²) in [5, 5.41) is 0. The van der Waals surface area contributed by atoms with Gasteiger partial charge in [0, 0.05) is 12.8 Å². The largest absolute Gasteiger partial charge is 0.472 e. The summed E-state index contributed by atoms with van der Waals surface area (Å²) in [4.78, 5) is 35.9. The smallest absolute Gasteiger partial charge is 0.462 e. The van der Waals surface area contributed by atoms with E-state index in [1.807, 2.05) is 21.1 Å². The molecule has 0 aliphatic rings. The molecule has 0 amide bonds. The number of likely N-dealkylation sites (N-methyl/N-ethyl adjacent to an activating group) is 1. The van der Waals surface area contributed by atoms with E-state index in [1.54, 1.807) is 0 Å². The molecule has 0 aliphatic heterocycles. The first-order valence-corrected chi connectivity index (χ1v) is 37.1. The Hall–Kier alpha value is -4.11. The number of hydrogen-bond donors (Lipinski definition) is 1. The molecule has 0 bridgehead atoms. The maximum atomic E-state index is 12.9. The summed E-state index contributed by atoms with van der Waals surface area (Å²) in [5.41, 5.74) is 0. The van der Waals surface area contributed by atoms with E-state index in [2.05, 4.69) is 160 Å². The van der Waals surface area contributed by atoms with Crippen LogP contribution < -0.4 is 0 Å². The number of ether oxygens (including phenoxy) is 2. The van der Waals surface area contributed by atoms with E-state index in [0.29, 0.717) is 17.4 Å². The molecule has 0 saturated carbocycles. The molecule has 0 aromatic heterocycles. The van der Waals surface area contributed by atoms with Gasteiger partial charge in [-0.2, -0.15) is 0 Å². The van der Waals surface area contributed by atoms with Crippen molar-refractivity contribution in [3.8, 4) is 0 Å². The summed E-state index contributed by atoms with van der Waals surface area (Å²) >= 11 is 0. The monoisotopic (exact) mass is 1240 g/mol. The zero-order valence-corrected chi connectivity index (χ0v) is 58.1. The molecule has 1 N–H and O–H groups in total. The van der Waals surface area contributed by atoms with Crippen LogP contribution in [-0.4, -0.2) is 74.9 Å². The molecule has 0 spiro atoms. The van der Waals surface area contributed by atoms with Gasteiger partial charge in [-0.3, -0.25) is 18.6 Å². The van der Waals surface area contributed by atoms with Crippen molar-refractivity contribution in [1.82, 2.24) is 0 Å². The van der Waals surface area contributed by atoms with Crippen LogP contribution >= 0.6 is 7.82 Å². The number of hydrogen-bond acceptors (Lipinski definition) is 7. The molecule has 0 aliphatic carbocycles. The normalized spacial score (nSPS) is 14.0. The molecule has 2 unspecified atom stereocenters. The van der Waals surface area contributed by atoms with Gasteiger partial charge in [-0.25, -0.2) is 4.57 Å². The van der Waals surface area contributed by atoms with Gasteiger partial charge in [0.05, 0.1) is 27.7 Å². The van der Waals surface area contributed by atoms with Crippen LogP contribution in [0.25, 0.3) is 0 Å². The predicted octanol–water partition coefficient (Wildman–Crippen LogP) is 23.4. The number of carbonyl (C=O) groups is 2. The second-order valence-electron chi connectivity index (χ2n) is 24.5. The van der Waals surface area contributed by atoms with E-state index in [4.69, 9.17) is 18.5 Å². The average Bonchev–Trinajstić information content (AvgIpc) is 3.60. The van der Waals surface area contributed by atoms with Gasteiger partial charge in [0.15, 0.2) is 6.10 Å². The Morgan fingerprint density at radius 2 is 0.614 bits per heavy atom. The lowest BCUT2D eigenvalue weighted by molar-refractivity contribution is -0.870. The Kier molecular flexibility index (Phi) is 64.1. The summed E-state index contributed by atoms with van der Waals surface area (Å²) in [6, 6.07) is 0. The van der Waals surface area contributed by atoms with Crippen molar-refractivity contribution < 1.29 is 42.1 Å². The number of unbranched alkanes of at least 4 members (excludes halogenated alkanes) is 26. The highest BCUT2D eigenvalue weighted by atomic mass is 31.2. The van der Waals surface area contributed by atoms with E-state index in [-0.39, 0.29) is 32.0 Å². The van der Waals surface area contributed by atoms with E-state index >= 15 is 0 Å². The number of phosphoric acid groups is 1. The van der Waals surface area contributed by atoms with Crippen LogP contribution in [0, 0.1) is 0 Å². The summed E-state index contributed by atoms with van der Waals surface area (Å²) < 4.78 is 34.7. The van der Waals surface area contributed by atoms with E-state index < -0.39 is 26.5 Å². The minimum atomic E-state index is -4.41. The zero-order chi connectivity index (χ0) is 64.1. The Labute approximate surface area is 542 Å². The fourth-order valence-electron chi connectivity index (χ4n) is 9.50. The topological polar surface area (TPSA) is 108 Å². The van der Waals surface area contributed by atoms with Gasteiger partial charge in [-0.05, 0) is 116 Å². The van der Waals surface area contributed by atoms with Gasteiger partial charge < -0.3 is 18.9 Å². The molecule has 88 heavy (non-hydrogen) atoms. The maximum absolute atomic E-state index is 12.9. The van der Waals surface area contributed by atoms with Crippen molar-refractivity contribution in [1.29, 1.82) is 0 Å². The highest BCUT2D eigenvalue weighted by molar-refractivity contribution is 7.47. The third-order valence-electron chi connectivity index (χ3n) is 14.9. The average molecular weight is 1240 g/mol. The van der Waals surface area contributed by atoms with Gasteiger partial charge >= 0.3 is 19.8 Å². The van der Waals surface area contributed by atoms with Crippen molar-refractivity contribution in [2.75, 3.05) is 47.5 Å². The lowest BCUT2D eigenvalue weighted by atomic mass is 10.0. The molecule has 2 atom stereocenters. The van der Waals surface area contributed by atoms with Crippen molar-refractivity contribution >= 4 is 19.8 Å². The number of phosphoric ester groups is 1.